The van der Waals surface area contributed by atoms with Crippen molar-refractivity contribution in [2.75, 3.05) is 7.05 Å². The molecule has 0 fully saturated rings. The summed E-state index contributed by atoms with van der Waals surface area (Å²) in [5, 5.41) is 9.02. The fraction of sp³-hybridized carbons (Fsp3) is 0.273. The predicted molar refractivity (Wildman–Crippen MR) is 55.4 cm³/mol. The Kier molecular flexibility index (Phi) is 3.44. The Labute approximate surface area is 88.1 Å². The summed E-state index contributed by atoms with van der Waals surface area (Å²) in [7, 11) is 1.45. The number of carboxylic acid groups (broad SMARTS) is 1. The Morgan fingerprint density at radius 3 is 2.67 bits per heavy atom. The number of carbonyl (C=O) groups is 2. The zero-order chi connectivity index (χ0) is 11.4. The molecule has 0 spiro atoms. The van der Waals surface area contributed by atoms with Gasteiger partial charge in [-0.1, -0.05) is 29.8 Å². The predicted octanol–water partition coefficient (Wildman–Crippen LogP) is 1.21. The lowest BCUT2D eigenvalue weighted by atomic mass is 10.0. The highest BCUT2D eigenvalue weighted by Crippen LogP contribution is 2.19. The summed E-state index contributed by atoms with van der Waals surface area (Å²) in [4.78, 5) is 22.7. The van der Waals surface area contributed by atoms with Gasteiger partial charge >= 0.3 is 5.97 Å². The van der Waals surface area contributed by atoms with E-state index in [2.05, 4.69) is 0 Å². The lowest BCUT2D eigenvalue weighted by molar-refractivity contribution is -0.145. The van der Waals surface area contributed by atoms with Crippen LogP contribution in [0.2, 0.25) is 0 Å². The second-order valence-electron chi connectivity index (χ2n) is 3.43. The minimum Gasteiger partial charge on any atom is -0.479 e. The second-order valence-corrected chi connectivity index (χ2v) is 3.43. The molecular formula is C11H13NO3. The maximum atomic E-state index is 11.0. The molecule has 0 aliphatic rings. The number of likely N-dealkylation sites (N-methyl/N-ethyl adjacent to an activating group) is 1. The van der Waals surface area contributed by atoms with Crippen LogP contribution in [0.4, 0.5) is 0 Å². The molecule has 4 nitrogen and oxygen atoms in total. The molecule has 0 bridgehead atoms. The SMILES string of the molecule is Cc1cccc(C(C(=O)O)N(C)C=O)c1. The Morgan fingerprint density at radius 1 is 1.53 bits per heavy atom. The van der Waals surface area contributed by atoms with E-state index in [4.69, 9.17) is 5.11 Å². The van der Waals surface area contributed by atoms with E-state index in [0.29, 0.717) is 12.0 Å². The molecule has 15 heavy (non-hydrogen) atoms. The van der Waals surface area contributed by atoms with E-state index in [0.717, 1.165) is 10.5 Å². The fourth-order valence-corrected chi connectivity index (χ4v) is 1.45. The number of carbonyl (C=O) groups excluding carboxylic acids is 1. The van der Waals surface area contributed by atoms with E-state index in [-0.39, 0.29) is 0 Å². The van der Waals surface area contributed by atoms with Gasteiger partial charge in [0.05, 0.1) is 0 Å². The second kappa shape index (κ2) is 4.59. The number of benzene rings is 1. The monoisotopic (exact) mass is 207 g/mol. The van der Waals surface area contributed by atoms with E-state index < -0.39 is 12.0 Å². The van der Waals surface area contributed by atoms with Gasteiger partial charge in [-0.25, -0.2) is 4.79 Å². The van der Waals surface area contributed by atoms with Crippen LogP contribution in [0.5, 0.6) is 0 Å². The molecule has 1 N–H and O–H groups in total. The van der Waals surface area contributed by atoms with Crippen LogP contribution in [0.25, 0.3) is 0 Å². The van der Waals surface area contributed by atoms with Crippen LogP contribution < -0.4 is 0 Å². The van der Waals surface area contributed by atoms with Gasteiger partial charge in [0.1, 0.15) is 0 Å². The van der Waals surface area contributed by atoms with Crippen LogP contribution in [0.15, 0.2) is 24.3 Å². The van der Waals surface area contributed by atoms with Gasteiger partial charge in [0.2, 0.25) is 6.41 Å². The molecule has 80 valence electrons. The van der Waals surface area contributed by atoms with Crippen molar-refractivity contribution < 1.29 is 14.7 Å². The molecule has 0 heterocycles. The van der Waals surface area contributed by atoms with Gasteiger partial charge in [0.15, 0.2) is 6.04 Å². The summed E-state index contributed by atoms with van der Waals surface area (Å²) in [6.45, 7) is 1.88. The van der Waals surface area contributed by atoms with E-state index in [1.54, 1.807) is 18.2 Å². The van der Waals surface area contributed by atoms with Crippen molar-refractivity contribution in [1.29, 1.82) is 0 Å². The third kappa shape index (κ3) is 2.56. The van der Waals surface area contributed by atoms with Gasteiger partial charge in [-0.3, -0.25) is 4.79 Å². The number of hydrogen-bond donors (Lipinski definition) is 1. The molecule has 1 aromatic carbocycles. The smallest absolute Gasteiger partial charge is 0.331 e. The number of rotatable bonds is 4. The molecule has 1 amide bonds. The maximum absolute atomic E-state index is 11.0. The summed E-state index contributed by atoms with van der Waals surface area (Å²) < 4.78 is 0. The highest BCUT2D eigenvalue weighted by atomic mass is 16.4. The molecule has 0 saturated heterocycles. The zero-order valence-corrected chi connectivity index (χ0v) is 8.68. The first-order chi connectivity index (χ1) is 7.06. The number of aryl methyl sites for hydroxylation is 1. The Balaban J connectivity index is 3.09. The lowest BCUT2D eigenvalue weighted by Crippen LogP contribution is -2.29. The summed E-state index contributed by atoms with van der Waals surface area (Å²) in [5.41, 5.74) is 1.58. The fourth-order valence-electron chi connectivity index (χ4n) is 1.45. The molecule has 0 saturated carbocycles. The normalized spacial score (nSPS) is 11.9. The largest absolute Gasteiger partial charge is 0.479 e. The van der Waals surface area contributed by atoms with Crippen molar-refractivity contribution in [3.05, 3.63) is 35.4 Å². The number of amides is 1. The molecule has 0 aromatic heterocycles. The molecule has 1 aromatic rings. The standard InChI is InChI=1S/C11H13NO3/c1-8-4-3-5-9(6-8)10(11(14)15)12(2)7-13/h3-7,10H,1-2H3,(H,14,15). The van der Waals surface area contributed by atoms with Crippen molar-refractivity contribution in [3.63, 3.8) is 0 Å². The Bertz CT molecular complexity index is 376. The topological polar surface area (TPSA) is 57.6 Å². The van der Waals surface area contributed by atoms with Gasteiger partial charge in [0.25, 0.3) is 0 Å². The van der Waals surface area contributed by atoms with E-state index in [1.165, 1.54) is 7.05 Å². The maximum Gasteiger partial charge on any atom is 0.331 e. The van der Waals surface area contributed by atoms with Gasteiger partial charge in [-0.15, -0.1) is 0 Å². The minimum atomic E-state index is -1.03. The molecule has 0 aliphatic heterocycles. The molecule has 1 rings (SSSR count). The van der Waals surface area contributed by atoms with Crippen molar-refractivity contribution in [2.45, 2.75) is 13.0 Å². The van der Waals surface area contributed by atoms with E-state index >= 15 is 0 Å². The highest BCUT2D eigenvalue weighted by Gasteiger charge is 2.23. The number of nitrogens with zero attached hydrogens (tertiary/aromatic N) is 1. The summed E-state index contributed by atoms with van der Waals surface area (Å²) in [6, 6.07) is 6.20. The van der Waals surface area contributed by atoms with Gasteiger partial charge in [-0.2, -0.15) is 0 Å². The summed E-state index contributed by atoms with van der Waals surface area (Å²) in [6.07, 6.45) is 0.515. The quantitative estimate of drug-likeness (QED) is 0.755. The molecular weight excluding hydrogens is 194 g/mol. The van der Waals surface area contributed by atoms with Crippen LogP contribution in [0, 0.1) is 6.92 Å². The molecule has 0 radical (unpaired) electrons. The van der Waals surface area contributed by atoms with Crippen molar-refractivity contribution in [3.8, 4) is 0 Å². The van der Waals surface area contributed by atoms with E-state index in [1.807, 2.05) is 13.0 Å². The van der Waals surface area contributed by atoms with Crippen molar-refractivity contribution in [1.82, 2.24) is 4.90 Å². The average Bonchev–Trinajstić information content (AvgIpc) is 2.17. The van der Waals surface area contributed by atoms with Gasteiger partial charge < -0.3 is 10.0 Å². The van der Waals surface area contributed by atoms with Crippen LogP contribution in [-0.4, -0.2) is 29.4 Å². The Morgan fingerprint density at radius 2 is 2.20 bits per heavy atom. The molecule has 0 aliphatic carbocycles. The third-order valence-corrected chi connectivity index (χ3v) is 2.17. The van der Waals surface area contributed by atoms with Crippen LogP contribution in [0.1, 0.15) is 17.2 Å². The number of aliphatic carboxylic acids is 1. The lowest BCUT2D eigenvalue weighted by Gasteiger charge is -2.20. The highest BCUT2D eigenvalue weighted by molar-refractivity contribution is 5.78. The van der Waals surface area contributed by atoms with Gasteiger partial charge in [0, 0.05) is 7.05 Å². The zero-order valence-electron chi connectivity index (χ0n) is 8.68. The van der Waals surface area contributed by atoms with Crippen molar-refractivity contribution in [2.24, 2.45) is 0 Å². The van der Waals surface area contributed by atoms with Crippen LogP contribution in [-0.2, 0) is 9.59 Å². The molecule has 1 unspecified atom stereocenters. The average molecular weight is 207 g/mol. The number of hydrogen-bond acceptors (Lipinski definition) is 2. The summed E-state index contributed by atoms with van der Waals surface area (Å²) in [5.74, 6) is -1.03. The van der Waals surface area contributed by atoms with Crippen molar-refractivity contribution >= 4 is 12.4 Å². The first kappa shape index (κ1) is 11.2. The van der Waals surface area contributed by atoms with Crippen LogP contribution >= 0.6 is 0 Å². The van der Waals surface area contributed by atoms with E-state index in [9.17, 15) is 9.59 Å². The number of carboxylic acids is 1. The third-order valence-electron chi connectivity index (χ3n) is 2.17. The molecule has 4 heteroatoms. The summed E-state index contributed by atoms with van der Waals surface area (Å²) >= 11 is 0. The van der Waals surface area contributed by atoms with Gasteiger partial charge in [-0.05, 0) is 12.5 Å². The minimum absolute atomic E-state index is 0.515. The first-order valence-electron chi connectivity index (χ1n) is 4.53. The first-order valence-corrected chi connectivity index (χ1v) is 4.53. The Hall–Kier alpha value is -1.84. The molecule has 1 atom stereocenters. The van der Waals surface area contributed by atoms with Crippen LogP contribution in [0.3, 0.4) is 0 Å².